The van der Waals surface area contributed by atoms with Crippen molar-refractivity contribution in [3.05, 3.63) is 54.9 Å². The SMILES string of the molecule is c1cnc(Oc2ccc3ccccc3n2)nc1. The minimum Gasteiger partial charge on any atom is -0.405 e. The number of hydrogen-bond acceptors (Lipinski definition) is 4. The maximum absolute atomic E-state index is 5.45. The first-order valence-corrected chi connectivity index (χ1v) is 5.22. The van der Waals surface area contributed by atoms with Crippen LogP contribution in [0.5, 0.6) is 11.9 Å². The molecular formula is C13H9N3O. The molecule has 4 heteroatoms. The minimum atomic E-state index is 0.301. The van der Waals surface area contributed by atoms with Crippen molar-refractivity contribution in [3.63, 3.8) is 0 Å². The second-order valence-electron chi connectivity index (χ2n) is 3.48. The summed E-state index contributed by atoms with van der Waals surface area (Å²) in [4.78, 5) is 12.3. The third-order valence-electron chi connectivity index (χ3n) is 2.31. The predicted molar refractivity (Wildman–Crippen MR) is 63.8 cm³/mol. The molecule has 0 spiro atoms. The lowest BCUT2D eigenvalue weighted by atomic mass is 10.2. The molecule has 2 aromatic heterocycles. The summed E-state index contributed by atoms with van der Waals surface area (Å²) in [6.45, 7) is 0. The zero-order valence-electron chi connectivity index (χ0n) is 8.95. The van der Waals surface area contributed by atoms with Gasteiger partial charge in [-0.25, -0.2) is 15.0 Å². The fourth-order valence-electron chi connectivity index (χ4n) is 1.54. The Hall–Kier alpha value is -2.49. The van der Waals surface area contributed by atoms with Gasteiger partial charge < -0.3 is 4.74 Å². The van der Waals surface area contributed by atoms with Crippen molar-refractivity contribution < 1.29 is 4.74 Å². The van der Waals surface area contributed by atoms with Crippen LogP contribution < -0.4 is 4.74 Å². The molecule has 0 atom stereocenters. The predicted octanol–water partition coefficient (Wildman–Crippen LogP) is 2.82. The van der Waals surface area contributed by atoms with Gasteiger partial charge in [0.1, 0.15) is 0 Å². The van der Waals surface area contributed by atoms with Gasteiger partial charge in [0.05, 0.1) is 5.52 Å². The van der Waals surface area contributed by atoms with Gasteiger partial charge in [-0.15, -0.1) is 0 Å². The van der Waals surface area contributed by atoms with E-state index in [4.69, 9.17) is 4.74 Å². The lowest BCUT2D eigenvalue weighted by molar-refractivity contribution is 0.427. The summed E-state index contributed by atoms with van der Waals surface area (Å²) in [5.41, 5.74) is 0.890. The highest BCUT2D eigenvalue weighted by Crippen LogP contribution is 2.19. The summed E-state index contributed by atoms with van der Waals surface area (Å²) >= 11 is 0. The van der Waals surface area contributed by atoms with Crippen LogP contribution in [0, 0.1) is 0 Å². The Labute approximate surface area is 97.9 Å². The molecule has 0 saturated heterocycles. The van der Waals surface area contributed by atoms with E-state index >= 15 is 0 Å². The Balaban J connectivity index is 1.96. The van der Waals surface area contributed by atoms with Crippen LogP contribution in [0.2, 0.25) is 0 Å². The van der Waals surface area contributed by atoms with E-state index in [1.807, 2.05) is 30.3 Å². The summed E-state index contributed by atoms with van der Waals surface area (Å²) in [5, 5.41) is 1.08. The fourth-order valence-corrected chi connectivity index (χ4v) is 1.54. The summed E-state index contributed by atoms with van der Waals surface area (Å²) in [7, 11) is 0. The lowest BCUT2D eigenvalue weighted by Gasteiger charge is -2.03. The van der Waals surface area contributed by atoms with E-state index in [-0.39, 0.29) is 0 Å². The zero-order valence-corrected chi connectivity index (χ0v) is 8.95. The number of rotatable bonds is 2. The zero-order chi connectivity index (χ0) is 11.5. The fraction of sp³-hybridized carbons (Fsp3) is 0. The first-order chi connectivity index (χ1) is 8.42. The summed E-state index contributed by atoms with van der Waals surface area (Å²) in [6.07, 6.45) is 3.26. The van der Waals surface area contributed by atoms with Gasteiger partial charge in [-0.05, 0) is 18.2 Å². The molecule has 4 nitrogen and oxygen atoms in total. The van der Waals surface area contributed by atoms with E-state index in [0.29, 0.717) is 11.9 Å². The summed E-state index contributed by atoms with van der Waals surface area (Å²) < 4.78 is 5.45. The molecule has 0 aliphatic rings. The van der Waals surface area contributed by atoms with E-state index < -0.39 is 0 Å². The molecular weight excluding hydrogens is 214 g/mol. The van der Waals surface area contributed by atoms with Crippen LogP contribution in [0.1, 0.15) is 0 Å². The maximum Gasteiger partial charge on any atom is 0.323 e. The van der Waals surface area contributed by atoms with Gasteiger partial charge in [-0.1, -0.05) is 18.2 Å². The smallest absolute Gasteiger partial charge is 0.323 e. The van der Waals surface area contributed by atoms with Crippen LogP contribution in [0.3, 0.4) is 0 Å². The number of nitrogens with zero attached hydrogens (tertiary/aromatic N) is 3. The Kier molecular flexibility index (Phi) is 2.38. The molecule has 0 aliphatic heterocycles. The van der Waals surface area contributed by atoms with Gasteiger partial charge in [0, 0.05) is 23.8 Å². The lowest BCUT2D eigenvalue weighted by Crippen LogP contribution is -1.92. The quantitative estimate of drug-likeness (QED) is 0.670. The normalized spacial score (nSPS) is 10.4. The van der Waals surface area contributed by atoms with Crippen LogP contribution in [-0.2, 0) is 0 Å². The van der Waals surface area contributed by atoms with E-state index in [9.17, 15) is 0 Å². The highest BCUT2D eigenvalue weighted by atomic mass is 16.5. The molecule has 0 amide bonds. The van der Waals surface area contributed by atoms with Gasteiger partial charge in [-0.2, -0.15) is 0 Å². The molecule has 0 saturated carbocycles. The molecule has 1 aromatic carbocycles. The van der Waals surface area contributed by atoms with Crippen LogP contribution in [0.15, 0.2) is 54.9 Å². The molecule has 0 N–H and O–H groups in total. The summed E-state index contributed by atoms with van der Waals surface area (Å²) in [5.74, 6) is 0.495. The van der Waals surface area contributed by atoms with Gasteiger partial charge in [-0.3, -0.25) is 0 Å². The third kappa shape index (κ3) is 2.06. The third-order valence-corrected chi connectivity index (χ3v) is 2.31. The molecule has 3 aromatic rings. The number of hydrogen-bond donors (Lipinski definition) is 0. The highest BCUT2D eigenvalue weighted by Gasteiger charge is 2.01. The van der Waals surface area contributed by atoms with E-state index in [1.54, 1.807) is 24.5 Å². The average Bonchev–Trinajstić information content (AvgIpc) is 2.40. The Morgan fingerprint density at radius 3 is 2.53 bits per heavy atom. The van der Waals surface area contributed by atoms with Crippen molar-refractivity contribution in [2.24, 2.45) is 0 Å². The molecule has 3 rings (SSSR count). The minimum absolute atomic E-state index is 0.301. The molecule has 17 heavy (non-hydrogen) atoms. The largest absolute Gasteiger partial charge is 0.405 e. The average molecular weight is 223 g/mol. The van der Waals surface area contributed by atoms with Gasteiger partial charge >= 0.3 is 6.01 Å². The Bertz CT molecular complexity index is 640. The molecule has 0 aliphatic carbocycles. The van der Waals surface area contributed by atoms with Gasteiger partial charge in [0.2, 0.25) is 5.88 Å². The first kappa shape index (κ1) is 9.72. The van der Waals surface area contributed by atoms with Crippen molar-refractivity contribution in [1.29, 1.82) is 0 Å². The number of aromatic nitrogens is 3. The number of pyridine rings is 1. The second-order valence-corrected chi connectivity index (χ2v) is 3.48. The Morgan fingerprint density at radius 2 is 1.65 bits per heavy atom. The first-order valence-electron chi connectivity index (χ1n) is 5.22. The molecule has 2 heterocycles. The number of benzene rings is 1. The molecule has 0 radical (unpaired) electrons. The number of fused-ring (bicyclic) bond motifs is 1. The van der Waals surface area contributed by atoms with Crippen molar-refractivity contribution >= 4 is 10.9 Å². The van der Waals surface area contributed by atoms with Crippen LogP contribution in [0.4, 0.5) is 0 Å². The van der Waals surface area contributed by atoms with Crippen LogP contribution >= 0.6 is 0 Å². The van der Waals surface area contributed by atoms with Gasteiger partial charge in [0.15, 0.2) is 0 Å². The van der Waals surface area contributed by atoms with E-state index in [2.05, 4.69) is 15.0 Å². The monoisotopic (exact) mass is 223 g/mol. The highest BCUT2D eigenvalue weighted by molar-refractivity contribution is 5.78. The molecule has 0 fully saturated rings. The van der Waals surface area contributed by atoms with E-state index in [0.717, 1.165) is 10.9 Å². The van der Waals surface area contributed by atoms with Crippen molar-refractivity contribution in [2.75, 3.05) is 0 Å². The van der Waals surface area contributed by atoms with Crippen molar-refractivity contribution in [1.82, 2.24) is 15.0 Å². The topological polar surface area (TPSA) is 47.9 Å². The second kappa shape index (κ2) is 4.17. The van der Waals surface area contributed by atoms with Crippen LogP contribution in [0.25, 0.3) is 10.9 Å². The number of ether oxygens (including phenoxy) is 1. The molecule has 82 valence electrons. The van der Waals surface area contributed by atoms with Crippen LogP contribution in [-0.4, -0.2) is 15.0 Å². The molecule has 0 bridgehead atoms. The summed E-state index contributed by atoms with van der Waals surface area (Å²) in [6, 6.07) is 13.7. The van der Waals surface area contributed by atoms with Gasteiger partial charge in [0.25, 0.3) is 0 Å². The number of para-hydroxylation sites is 1. The standard InChI is InChI=1S/C13H9N3O/c1-2-5-11-10(4-1)6-7-12(16-11)17-13-14-8-3-9-15-13/h1-9H. The van der Waals surface area contributed by atoms with Crippen molar-refractivity contribution in [2.45, 2.75) is 0 Å². The Morgan fingerprint density at radius 1 is 0.824 bits per heavy atom. The van der Waals surface area contributed by atoms with E-state index in [1.165, 1.54) is 0 Å². The molecule has 0 unspecified atom stereocenters. The maximum atomic E-state index is 5.45. The van der Waals surface area contributed by atoms with Crippen molar-refractivity contribution in [3.8, 4) is 11.9 Å².